The van der Waals surface area contributed by atoms with Crippen molar-refractivity contribution in [2.45, 2.75) is 12.8 Å². The molecule has 0 atom stereocenters. The molecule has 2 aliphatic heterocycles. The zero-order valence-corrected chi connectivity index (χ0v) is 13.9. The average molecular weight is 340 g/mol. The van der Waals surface area contributed by atoms with Crippen LogP contribution in [-0.2, 0) is 4.79 Å². The lowest BCUT2D eigenvalue weighted by Crippen LogP contribution is -2.38. The van der Waals surface area contributed by atoms with Crippen molar-refractivity contribution in [1.82, 2.24) is 9.97 Å². The van der Waals surface area contributed by atoms with Crippen molar-refractivity contribution in [1.29, 1.82) is 0 Å². The lowest BCUT2D eigenvalue weighted by molar-refractivity contribution is -0.120. The molecule has 4 rings (SSSR count). The quantitative estimate of drug-likeness (QED) is 0.922. The Morgan fingerprint density at radius 2 is 2.00 bits per heavy atom. The van der Waals surface area contributed by atoms with Crippen molar-refractivity contribution in [2.24, 2.45) is 5.92 Å². The number of para-hydroxylation sites is 1. The number of anilines is 2. The van der Waals surface area contributed by atoms with Crippen LogP contribution in [0.4, 0.5) is 11.5 Å². The van der Waals surface area contributed by atoms with Gasteiger partial charge in [-0.3, -0.25) is 9.78 Å². The molecule has 0 saturated carbocycles. The van der Waals surface area contributed by atoms with Gasteiger partial charge in [-0.05, 0) is 25.0 Å². The van der Waals surface area contributed by atoms with Crippen molar-refractivity contribution >= 4 is 17.4 Å². The Labute approximate surface area is 146 Å². The van der Waals surface area contributed by atoms with Gasteiger partial charge < -0.3 is 19.7 Å². The van der Waals surface area contributed by atoms with Crippen LogP contribution in [0.25, 0.3) is 0 Å². The van der Waals surface area contributed by atoms with Crippen LogP contribution in [0.15, 0.2) is 36.8 Å². The number of rotatable bonds is 3. The maximum Gasteiger partial charge on any atom is 0.227 e. The number of hydrogen-bond acceptors (Lipinski definition) is 6. The number of nitrogens with zero attached hydrogens (tertiary/aromatic N) is 3. The largest absolute Gasteiger partial charge is 0.486 e. The standard InChI is InChI=1S/C18H20N4O3/c23-18(21-14-2-1-3-15-17(14)25-11-10-24-15)13-4-8-22(9-5-13)16-12-19-6-7-20-16/h1-3,6-7,12-13H,4-5,8-11H2,(H,21,23). The predicted molar refractivity (Wildman–Crippen MR) is 93.0 cm³/mol. The number of hydrogen-bond donors (Lipinski definition) is 1. The maximum absolute atomic E-state index is 12.6. The summed E-state index contributed by atoms with van der Waals surface area (Å²) in [7, 11) is 0. The summed E-state index contributed by atoms with van der Waals surface area (Å²) in [5.74, 6) is 2.18. The lowest BCUT2D eigenvalue weighted by Gasteiger charge is -2.32. The highest BCUT2D eigenvalue weighted by Crippen LogP contribution is 2.37. The molecule has 1 N–H and O–H groups in total. The van der Waals surface area contributed by atoms with Crippen molar-refractivity contribution in [3.8, 4) is 11.5 Å². The Kier molecular flexibility index (Phi) is 4.37. The van der Waals surface area contributed by atoms with Gasteiger partial charge in [-0.2, -0.15) is 0 Å². The summed E-state index contributed by atoms with van der Waals surface area (Å²) in [6, 6.07) is 5.56. The van der Waals surface area contributed by atoms with Gasteiger partial charge in [-0.1, -0.05) is 6.07 Å². The predicted octanol–water partition coefficient (Wildman–Crippen LogP) is 2.10. The van der Waals surface area contributed by atoms with Crippen LogP contribution in [0.1, 0.15) is 12.8 Å². The monoisotopic (exact) mass is 340 g/mol. The Morgan fingerprint density at radius 3 is 2.80 bits per heavy atom. The van der Waals surface area contributed by atoms with Crippen molar-refractivity contribution in [2.75, 3.05) is 36.5 Å². The molecule has 0 aliphatic carbocycles. The van der Waals surface area contributed by atoms with Crippen LogP contribution in [0, 0.1) is 5.92 Å². The van der Waals surface area contributed by atoms with Gasteiger partial charge in [-0.15, -0.1) is 0 Å². The number of fused-ring (bicyclic) bond motifs is 1. The second kappa shape index (κ2) is 6.96. The highest BCUT2D eigenvalue weighted by Gasteiger charge is 2.27. The minimum Gasteiger partial charge on any atom is -0.486 e. The van der Waals surface area contributed by atoms with Crippen LogP contribution >= 0.6 is 0 Å². The van der Waals surface area contributed by atoms with E-state index >= 15 is 0 Å². The van der Waals surface area contributed by atoms with E-state index < -0.39 is 0 Å². The van der Waals surface area contributed by atoms with Gasteiger partial charge in [0.25, 0.3) is 0 Å². The Hall–Kier alpha value is -2.83. The first-order valence-electron chi connectivity index (χ1n) is 8.52. The molecule has 1 saturated heterocycles. The van der Waals surface area contributed by atoms with Gasteiger partial charge in [0.05, 0.1) is 11.9 Å². The molecule has 25 heavy (non-hydrogen) atoms. The van der Waals surface area contributed by atoms with Gasteiger partial charge >= 0.3 is 0 Å². The van der Waals surface area contributed by atoms with E-state index in [1.807, 2.05) is 18.2 Å². The molecular formula is C18H20N4O3. The number of piperidine rings is 1. The third-order valence-electron chi connectivity index (χ3n) is 4.56. The Balaban J connectivity index is 1.38. The number of benzene rings is 1. The van der Waals surface area contributed by atoms with E-state index in [2.05, 4.69) is 20.2 Å². The minimum absolute atomic E-state index is 0.0201. The third kappa shape index (κ3) is 3.35. The molecule has 0 unspecified atom stereocenters. The number of amides is 1. The SMILES string of the molecule is O=C(Nc1cccc2c1OCCO2)C1CCN(c2cnccn2)CC1. The molecule has 1 amide bonds. The van der Waals surface area contributed by atoms with E-state index in [0.717, 1.165) is 31.7 Å². The van der Waals surface area contributed by atoms with E-state index in [0.29, 0.717) is 30.4 Å². The summed E-state index contributed by atoms with van der Waals surface area (Å²) in [6.45, 7) is 2.62. The van der Waals surface area contributed by atoms with E-state index in [4.69, 9.17) is 9.47 Å². The van der Waals surface area contributed by atoms with E-state index in [1.54, 1.807) is 18.6 Å². The number of carbonyl (C=O) groups is 1. The lowest BCUT2D eigenvalue weighted by atomic mass is 9.96. The Bertz CT molecular complexity index is 745. The van der Waals surface area contributed by atoms with Crippen LogP contribution in [0.5, 0.6) is 11.5 Å². The fourth-order valence-electron chi connectivity index (χ4n) is 3.23. The zero-order valence-electron chi connectivity index (χ0n) is 13.9. The van der Waals surface area contributed by atoms with Crippen molar-refractivity contribution < 1.29 is 14.3 Å². The summed E-state index contributed by atoms with van der Waals surface area (Å²) >= 11 is 0. The summed E-state index contributed by atoms with van der Waals surface area (Å²) in [5, 5.41) is 3.00. The Morgan fingerprint density at radius 1 is 1.16 bits per heavy atom. The van der Waals surface area contributed by atoms with Crippen LogP contribution < -0.4 is 19.7 Å². The van der Waals surface area contributed by atoms with Crippen LogP contribution in [-0.4, -0.2) is 42.2 Å². The normalized spacial score (nSPS) is 17.2. The molecule has 1 fully saturated rings. The highest BCUT2D eigenvalue weighted by atomic mass is 16.6. The summed E-state index contributed by atoms with van der Waals surface area (Å²) in [4.78, 5) is 23.2. The second-order valence-corrected chi connectivity index (χ2v) is 6.14. The number of ether oxygens (including phenoxy) is 2. The van der Waals surface area contributed by atoms with Gasteiger partial charge in [0, 0.05) is 31.4 Å². The molecule has 2 aromatic rings. The first-order chi connectivity index (χ1) is 12.3. The number of nitrogens with one attached hydrogen (secondary N) is 1. The van der Waals surface area contributed by atoms with Gasteiger partial charge in [0.2, 0.25) is 5.91 Å². The fourth-order valence-corrected chi connectivity index (χ4v) is 3.23. The molecule has 0 radical (unpaired) electrons. The van der Waals surface area contributed by atoms with E-state index in [-0.39, 0.29) is 11.8 Å². The molecule has 7 nitrogen and oxygen atoms in total. The highest BCUT2D eigenvalue weighted by molar-refractivity contribution is 5.94. The van der Waals surface area contributed by atoms with Gasteiger partial charge in [0.1, 0.15) is 19.0 Å². The molecule has 130 valence electrons. The topological polar surface area (TPSA) is 76.6 Å². The fraction of sp³-hybridized carbons (Fsp3) is 0.389. The van der Waals surface area contributed by atoms with Gasteiger partial charge in [-0.25, -0.2) is 4.98 Å². The number of carbonyl (C=O) groups excluding carboxylic acids is 1. The molecule has 3 heterocycles. The van der Waals surface area contributed by atoms with Crippen LogP contribution in [0.3, 0.4) is 0 Å². The molecule has 0 spiro atoms. The molecule has 0 bridgehead atoms. The maximum atomic E-state index is 12.6. The van der Waals surface area contributed by atoms with E-state index in [1.165, 1.54) is 0 Å². The van der Waals surface area contributed by atoms with Crippen LogP contribution in [0.2, 0.25) is 0 Å². The van der Waals surface area contributed by atoms with Gasteiger partial charge in [0.15, 0.2) is 11.5 Å². The summed E-state index contributed by atoms with van der Waals surface area (Å²) in [6.07, 6.45) is 6.68. The average Bonchev–Trinajstić information content (AvgIpc) is 2.69. The smallest absolute Gasteiger partial charge is 0.227 e. The summed E-state index contributed by atoms with van der Waals surface area (Å²) < 4.78 is 11.2. The molecular weight excluding hydrogens is 320 g/mol. The molecule has 2 aliphatic rings. The van der Waals surface area contributed by atoms with Crippen molar-refractivity contribution in [3.63, 3.8) is 0 Å². The molecule has 7 heteroatoms. The second-order valence-electron chi connectivity index (χ2n) is 6.14. The third-order valence-corrected chi connectivity index (χ3v) is 4.56. The first-order valence-corrected chi connectivity index (χ1v) is 8.52. The minimum atomic E-state index is -0.0201. The van der Waals surface area contributed by atoms with Crippen molar-refractivity contribution in [3.05, 3.63) is 36.8 Å². The summed E-state index contributed by atoms with van der Waals surface area (Å²) in [5.41, 5.74) is 0.679. The zero-order chi connectivity index (χ0) is 17.1. The van der Waals surface area contributed by atoms with E-state index in [9.17, 15) is 4.79 Å². The number of aromatic nitrogens is 2. The first kappa shape index (κ1) is 15.7. The molecule has 1 aromatic carbocycles. The molecule has 1 aromatic heterocycles.